The number of hydrogen-bond donors (Lipinski definition) is 3. The summed E-state index contributed by atoms with van der Waals surface area (Å²) in [5.41, 5.74) is 0.899. The quantitative estimate of drug-likeness (QED) is 0.310. The molecule has 40 heavy (non-hydrogen) atoms. The van der Waals surface area contributed by atoms with Crippen LogP contribution in [-0.2, 0) is 21.2 Å². The van der Waals surface area contributed by atoms with E-state index in [1.54, 1.807) is 6.07 Å². The summed E-state index contributed by atoms with van der Waals surface area (Å²) in [6.07, 6.45) is 7.63. The Bertz CT molecular complexity index is 1530. The van der Waals surface area contributed by atoms with Crippen molar-refractivity contribution in [3.63, 3.8) is 0 Å². The number of aliphatic carboxylic acids is 1. The molecule has 5 rings (SSSR count). The number of nitrogens with zero attached hydrogens (tertiary/aromatic N) is 1. The van der Waals surface area contributed by atoms with Crippen molar-refractivity contribution >= 4 is 44.0 Å². The standard InChI is InChI=1S/C30H37N3O5S2/c1-30(2,3)33-40(37,38)25-14-13-23(21-11-7-8-12-22(21)25)26-24(15-18-9-5-4-6-10-18)39-28(32-26)27(34)31-20-16-19(17-20)29(35)36/h7-8,11-14,18-20,33H,4-6,9-10,15-17H2,1-3H3,(H,31,34)(H,35,36)/t19-,20-. The molecule has 0 bridgehead atoms. The van der Waals surface area contributed by atoms with Gasteiger partial charge in [0.2, 0.25) is 10.0 Å². The molecular weight excluding hydrogens is 546 g/mol. The van der Waals surface area contributed by atoms with E-state index < -0.39 is 27.4 Å². The van der Waals surface area contributed by atoms with Crippen molar-refractivity contribution < 1.29 is 23.1 Å². The molecule has 2 fully saturated rings. The first-order valence-electron chi connectivity index (χ1n) is 14.0. The second-order valence-electron chi connectivity index (χ2n) is 12.2. The second kappa shape index (κ2) is 11.2. The Morgan fingerprint density at radius 1 is 1.02 bits per heavy atom. The van der Waals surface area contributed by atoms with Crippen LogP contribution in [0.1, 0.15) is 80.4 Å². The summed E-state index contributed by atoms with van der Waals surface area (Å²) in [7, 11) is -3.78. The van der Waals surface area contributed by atoms with Gasteiger partial charge in [-0.15, -0.1) is 11.3 Å². The van der Waals surface area contributed by atoms with Crippen molar-refractivity contribution in [1.82, 2.24) is 15.0 Å². The summed E-state index contributed by atoms with van der Waals surface area (Å²) in [5, 5.41) is 13.9. The van der Waals surface area contributed by atoms with Crippen LogP contribution in [0.25, 0.3) is 22.0 Å². The third-order valence-electron chi connectivity index (χ3n) is 7.78. The van der Waals surface area contributed by atoms with Gasteiger partial charge in [-0.05, 0) is 57.4 Å². The molecule has 2 aliphatic carbocycles. The fourth-order valence-electron chi connectivity index (χ4n) is 5.81. The average Bonchev–Trinajstić information content (AvgIpc) is 3.27. The van der Waals surface area contributed by atoms with E-state index in [0.29, 0.717) is 29.2 Å². The topological polar surface area (TPSA) is 125 Å². The predicted molar refractivity (Wildman–Crippen MR) is 157 cm³/mol. The van der Waals surface area contributed by atoms with Gasteiger partial charge in [0.25, 0.3) is 5.91 Å². The molecule has 2 aromatic carbocycles. The smallest absolute Gasteiger partial charge is 0.306 e. The molecule has 0 atom stereocenters. The molecular formula is C30H37N3O5S2. The predicted octanol–water partition coefficient (Wildman–Crippen LogP) is 5.76. The number of hydrogen-bond acceptors (Lipinski definition) is 6. The number of carbonyl (C=O) groups excluding carboxylic acids is 1. The molecule has 0 unspecified atom stereocenters. The molecule has 1 amide bonds. The third-order valence-corrected chi connectivity index (χ3v) is 10.7. The van der Waals surface area contributed by atoms with Crippen molar-refractivity contribution in [3.8, 4) is 11.3 Å². The van der Waals surface area contributed by atoms with Crippen LogP contribution in [0.4, 0.5) is 0 Å². The number of sulfonamides is 1. The third kappa shape index (κ3) is 6.24. The first-order chi connectivity index (χ1) is 18.9. The summed E-state index contributed by atoms with van der Waals surface area (Å²) in [6.45, 7) is 5.43. The van der Waals surface area contributed by atoms with Crippen molar-refractivity contribution in [1.29, 1.82) is 0 Å². The van der Waals surface area contributed by atoms with E-state index in [1.807, 2.05) is 51.1 Å². The van der Waals surface area contributed by atoms with Gasteiger partial charge in [0.05, 0.1) is 16.5 Å². The molecule has 3 aromatic rings. The molecule has 1 aromatic heterocycles. The molecule has 2 saturated carbocycles. The van der Waals surface area contributed by atoms with E-state index in [1.165, 1.54) is 30.6 Å². The van der Waals surface area contributed by atoms with Crippen LogP contribution in [0.3, 0.4) is 0 Å². The molecule has 214 valence electrons. The number of benzene rings is 2. The molecule has 2 aliphatic rings. The number of rotatable bonds is 8. The number of amides is 1. The SMILES string of the molecule is CC(C)(C)NS(=O)(=O)c1ccc(-c2nc(C(=O)N[C@H]3C[C@H](C(=O)O)C3)sc2CC2CCCCC2)c2ccccc12. The number of fused-ring (bicyclic) bond motifs is 1. The van der Waals surface area contributed by atoms with Gasteiger partial charge in [-0.3, -0.25) is 9.59 Å². The zero-order valence-electron chi connectivity index (χ0n) is 23.2. The Kier molecular flexibility index (Phi) is 8.05. The Hall–Kier alpha value is -2.82. The van der Waals surface area contributed by atoms with Gasteiger partial charge in [-0.25, -0.2) is 18.1 Å². The Morgan fingerprint density at radius 3 is 2.35 bits per heavy atom. The molecule has 0 aliphatic heterocycles. The fraction of sp³-hybridized carbons (Fsp3) is 0.500. The maximum Gasteiger partial charge on any atom is 0.306 e. The van der Waals surface area contributed by atoms with Gasteiger partial charge in [0.1, 0.15) is 0 Å². The first kappa shape index (κ1) is 28.7. The van der Waals surface area contributed by atoms with E-state index in [0.717, 1.165) is 40.8 Å². The lowest BCUT2D eigenvalue weighted by molar-refractivity contribution is -0.145. The van der Waals surface area contributed by atoms with Gasteiger partial charge in [0.15, 0.2) is 5.01 Å². The van der Waals surface area contributed by atoms with Crippen molar-refractivity contribution in [2.45, 2.75) is 88.6 Å². The van der Waals surface area contributed by atoms with Crippen LogP contribution in [0.15, 0.2) is 41.3 Å². The summed E-state index contributed by atoms with van der Waals surface area (Å²) in [4.78, 5) is 30.4. The summed E-state index contributed by atoms with van der Waals surface area (Å²) in [6, 6.07) is 10.7. The number of nitrogens with one attached hydrogen (secondary N) is 2. The van der Waals surface area contributed by atoms with Gasteiger partial charge < -0.3 is 10.4 Å². The Morgan fingerprint density at radius 2 is 1.70 bits per heavy atom. The fourth-order valence-corrected chi connectivity index (χ4v) is 8.53. The molecule has 0 radical (unpaired) electrons. The lowest BCUT2D eigenvalue weighted by Gasteiger charge is -2.32. The highest BCUT2D eigenvalue weighted by Crippen LogP contribution is 2.39. The summed E-state index contributed by atoms with van der Waals surface area (Å²) < 4.78 is 29.4. The van der Waals surface area contributed by atoms with Crippen molar-refractivity contribution in [2.75, 3.05) is 0 Å². The number of carboxylic acid groups (broad SMARTS) is 1. The second-order valence-corrected chi connectivity index (χ2v) is 14.9. The molecule has 10 heteroatoms. The van der Waals surface area contributed by atoms with Gasteiger partial charge in [0, 0.05) is 27.4 Å². The summed E-state index contributed by atoms with van der Waals surface area (Å²) >= 11 is 1.40. The van der Waals surface area contributed by atoms with E-state index in [2.05, 4.69) is 10.0 Å². The Balaban J connectivity index is 1.53. The summed E-state index contributed by atoms with van der Waals surface area (Å²) in [5.74, 6) is -0.999. The van der Waals surface area contributed by atoms with Crippen LogP contribution in [-0.4, -0.2) is 42.0 Å². The highest BCUT2D eigenvalue weighted by Gasteiger charge is 2.36. The van der Waals surface area contributed by atoms with E-state index in [9.17, 15) is 23.1 Å². The zero-order valence-corrected chi connectivity index (χ0v) is 24.8. The number of thiazole rings is 1. The minimum atomic E-state index is -3.78. The van der Waals surface area contributed by atoms with Crippen molar-refractivity contribution in [2.24, 2.45) is 11.8 Å². The lowest BCUT2D eigenvalue weighted by Crippen LogP contribution is -2.46. The number of carbonyl (C=O) groups is 2. The van der Waals surface area contributed by atoms with Gasteiger partial charge in [-0.1, -0.05) is 62.4 Å². The highest BCUT2D eigenvalue weighted by atomic mass is 32.2. The molecule has 1 heterocycles. The van der Waals surface area contributed by atoms with E-state index in [-0.39, 0.29) is 16.8 Å². The van der Waals surface area contributed by atoms with Crippen LogP contribution in [0, 0.1) is 11.8 Å². The van der Waals surface area contributed by atoms with E-state index >= 15 is 0 Å². The highest BCUT2D eigenvalue weighted by molar-refractivity contribution is 7.89. The van der Waals surface area contributed by atoms with Crippen LogP contribution < -0.4 is 10.0 Å². The van der Waals surface area contributed by atoms with Crippen LogP contribution >= 0.6 is 11.3 Å². The molecule has 0 saturated heterocycles. The largest absolute Gasteiger partial charge is 0.481 e. The van der Waals surface area contributed by atoms with E-state index in [4.69, 9.17) is 4.98 Å². The molecule has 0 spiro atoms. The molecule has 3 N–H and O–H groups in total. The van der Waals surface area contributed by atoms with Crippen LogP contribution in [0.2, 0.25) is 0 Å². The van der Waals surface area contributed by atoms with Gasteiger partial charge in [-0.2, -0.15) is 0 Å². The average molecular weight is 584 g/mol. The normalized spacial score (nSPS) is 20.3. The number of carboxylic acids is 1. The molecule has 8 nitrogen and oxygen atoms in total. The zero-order chi connectivity index (χ0) is 28.7. The Labute approximate surface area is 239 Å². The first-order valence-corrected chi connectivity index (χ1v) is 16.3. The maximum atomic E-state index is 13.3. The minimum Gasteiger partial charge on any atom is -0.481 e. The minimum absolute atomic E-state index is 0.164. The van der Waals surface area contributed by atoms with Crippen molar-refractivity contribution in [3.05, 3.63) is 46.3 Å². The maximum absolute atomic E-state index is 13.3. The van der Waals surface area contributed by atoms with Crippen LogP contribution in [0.5, 0.6) is 0 Å². The van der Waals surface area contributed by atoms with Gasteiger partial charge >= 0.3 is 5.97 Å². The lowest BCUT2D eigenvalue weighted by atomic mass is 9.80. The monoisotopic (exact) mass is 583 g/mol. The number of aromatic nitrogens is 1.